The lowest BCUT2D eigenvalue weighted by Gasteiger charge is -2.44. The molecule has 0 spiro atoms. The molecule has 0 aliphatic carbocycles. The molecule has 0 aromatic carbocycles. The summed E-state index contributed by atoms with van der Waals surface area (Å²) in [6.07, 6.45) is 5.74. The molecule has 90 valence electrons. The fourth-order valence-corrected chi connectivity index (χ4v) is 3.23. The van der Waals surface area contributed by atoms with Crippen LogP contribution < -0.4 is 0 Å². The second kappa shape index (κ2) is 4.62. The van der Waals surface area contributed by atoms with Crippen molar-refractivity contribution in [1.82, 2.24) is 9.88 Å². The summed E-state index contributed by atoms with van der Waals surface area (Å²) in [5.41, 5.74) is 3.00. The van der Waals surface area contributed by atoms with Crippen LogP contribution in [0.25, 0.3) is 0 Å². The third-order valence-corrected chi connectivity index (χ3v) is 3.90. The highest BCUT2D eigenvalue weighted by Gasteiger charge is 2.34. The topological polar surface area (TPSA) is 19.0 Å². The summed E-state index contributed by atoms with van der Waals surface area (Å²) in [5.74, 6) is 0. The fraction of sp³-hybridized carbons (Fsp3) is 0.714. The van der Waals surface area contributed by atoms with Crippen LogP contribution in [0.3, 0.4) is 0 Å². The first kappa shape index (κ1) is 11.7. The summed E-state index contributed by atoms with van der Waals surface area (Å²) >= 11 is 0. The van der Waals surface area contributed by atoms with E-state index in [0.29, 0.717) is 18.1 Å². The van der Waals surface area contributed by atoms with Gasteiger partial charge in [0, 0.05) is 36.4 Å². The number of H-pyrrole nitrogens is 1. The number of rotatable bonds is 3. The van der Waals surface area contributed by atoms with E-state index >= 15 is 0 Å². The molecule has 1 aromatic heterocycles. The molecule has 2 heterocycles. The molecule has 1 N–H and O–H groups in total. The van der Waals surface area contributed by atoms with E-state index in [0.717, 1.165) is 0 Å². The first-order valence-corrected chi connectivity index (χ1v) is 6.62. The Bertz CT molecular complexity index is 340. The maximum Gasteiger partial charge on any atom is 0.0369 e. The molecule has 2 rings (SSSR count). The monoisotopic (exact) mass is 220 g/mol. The predicted octanol–water partition coefficient (Wildman–Crippen LogP) is 3.51. The van der Waals surface area contributed by atoms with Crippen LogP contribution in [-0.2, 0) is 6.42 Å². The minimum Gasteiger partial charge on any atom is -0.365 e. The van der Waals surface area contributed by atoms with Gasteiger partial charge in [0.1, 0.15) is 0 Å². The van der Waals surface area contributed by atoms with Crippen LogP contribution >= 0.6 is 0 Å². The van der Waals surface area contributed by atoms with Gasteiger partial charge in [-0.25, -0.2) is 0 Å². The number of aromatic amines is 1. The molecule has 1 aliphatic heterocycles. The number of fused-ring (bicyclic) bond motifs is 1. The molecule has 0 unspecified atom stereocenters. The van der Waals surface area contributed by atoms with E-state index in [1.165, 1.54) is 30.5 Å². The minimum absolute atomic E-state index is 0.611. The molecule has 0 saturated heterocycles. The lowest BCUT2D eigenvalue weighted by Crippen LogP contribution is -2.46. The van der Waals surface area contributed by atoms with Crippen LogP contribution in [0.5, 0.6) is 0 Å². The van der Waals surface area contributed by atoms with Gasteiger partial charge in [0.15, 0.2) is 0 Å². The van der Waals surface area contributed by atoms with Crippen molar-refractivity contribution in [2.75, 3.05) is 0 Å². The van der Waals surface area contributed by atoms with Crippen LogP contribution in [0.4, 0.5) is 0 Å². The summed E-state index contributed by atoms with van der Waals surface area (Å²) in [6, 6.07) is 4.22. The molecule has 1 aromatic rings. The Hall–Kier alpha value is -0.760. The number of nitrogens with zero attached hydrogens (tertiary/aromatic N) is 1. The number of hydrogen-bond acceptors (Lipinski definition) is 1. The Balaban J connectivity index is 2.37. The van der Waals surface area contributed by atoms with Gasteiger partial charge in [-0.2, -0.15) is 0 Å². The zero-order valence-corrected chi connectivity index (χ0v) is 11.0. The highest BCUT2D eigenvalue weighted by molar-refractivity contribution is 5.28. The van der Waals surface area contributed by atoms with Crippen LogP contribution in [0.2, 0.25) is 0 Å². The third kappa shape index (κ3) is 1.80. The smallest absolute Gasteiger partial charge is 0.0369 e. The van der Waals surface area contributed by atoms with E-state index in [2.05, 4.69) is 49.8 Å². The summed E-state index contributed by atoms with van der Waals surface area (Å²) in [6.45, 7) is 9.25. The Morgan fingerprint density at radius 1 is 1.38 bits per heavy atom. The van der Waals surface area contributed by atoms with E-state index in [-0.39, 0.29) is 0 Å². The van der Waals surface area contributed by atoms with Crippen molar-refractivity contribution < 1.29 is 0 Å². The second-order valence-electron chi connectivity index (χ2n) is 5.14. The minimum atomic E-state index is 0.611. The van der Waals surface area contributed by atoms with Crippen molar-refractivity contribution in [1.29, 1.82) is 0 Å². The first-order chi connectivity index (χ1) is 7.69. The molecule has 0 radical (unpaired) electrons. The van der Waals surface area contributed by atoms with E-state index in [1.807, 2.05) is 0 Å². The normalized spacial score (nSPS) is 26.1. The number of nitrogens with one attached hydrogen (secondary N) is 1. The van der Waals surface area contributed by atoms with Crippen molar-refractivity contribution in [3.8, 4) is 0 Å². The lowest BCUT2D eigenvalue weighted by atomic mass is 9.89. The Labute approximate surface area is 99.0 Å². The SMILES string of the molecule is CC[C@@H]1Cc2[nH]ccc2[C@@H](CC)N1C(C)C. The fourth-order valence-electron chi connectivity index (χ4n) is 3.23. The highest BCUT2D eigenvalue weighted by Crippen LogP contribution is 2.37. The highest BCUT2D eigenvalue weighted by atomic mass is 15.2. The summed E-state index contributed by atoms with van der Waals surface area (Å²) < 4.78 is 0. The van der Waals surface area contributed by atoms with Crippen LogP contribution in [0, 0.1) is 0 Å². The molecule has 2 nitrogen and oxygen atoms in total. The summed E-state index contributed by atoms with van der Waals surface area (Å²) in [4.78, 5) is 6.12. The molecule has 2 heteroatoms. The molecule has 2 atom stereocenters. The first-order valence-electron chi connectivity index (χ1n) is 6.62. The molecular formula is C14H24N2. The molecule has 0 amide bonds. The molecule has 0 bridgehead atoms. The zero-order valence-electron chi connectivity index (χ0n) is 11.0. The predicted molar refractivity (Wildman–Crippen MR) is 68.6 cm³/mol. The average Bonchev–Trinajstić information content (AvgIpc) is 2.73. The van der Waals surface area contributed by atoms with Crippen LogP contribution in [0.15, 0.2) is 12.3 Å². The summed E-state index contributed by atoms with van der Waals surface area (Å²) in [7, 11) is 0. The Morgan fingerprint density at radius 2 is 2.12 bits per heavy atom. The largest absolute Gasteiger partial charge is 0.365 e. The van der Waals surface area contributed by atoms with Gasteiger partial charge in [-0.15, -0.1) is 0 Å². The van der Waals surface area contributed by atoms with E-state index in [1.54, 1.807) is 0 Å². The van der Waals surface area contributed by atoms with Crippen LogP contribution in [-0.4, -0.2) is 22.0 Å². The average molecular weight is 220 g/mol. The maximum absolute atomic E-state index is 3.42. The number of aromatic nitrogens is 1. The lowest BCUT2D eigenvalue weighted by molar-refractivity contribution is 0.0742. The zero-order chi connectivity index (χ0) is 11.7. The van der Waals surface area contributed by atoms with E-state index < -0.39 is 0 Å². The Morgan fingerprint density at radius 3 is 2.69 bits per heavy atom. The van der Waals surface area contributed by atoms with E-state index in [4.69, 9.17) is 0 Å². The van der Waals surface area contributed by atoms with Gasteiger partial charge in [-0.05, 0) is 38.3 Å². The Kier molecular flexibility index (Phi) is 3.38. The molecular weight excluding hydrogens is 196 g/mol. The number of hydrogen-bond donors (Lipinski definition) is 1. The molecule has 0 fully saturated rings. The second-order valence-corrected chi connectivity index (χ2v) is 5.14. The van der Waals surface area contributed by atoms with Gasteiger partial charge in [0.05, 0.1) is 0 Å². The maximum atomic E-state index is 3.42. The standard InChI is InChI=1S/C14H24N2/c1-5-11-9-13-12(7-8-15-13)14(6-2)16(11)10(3)4/h7-8,10-11,14-15H,5-6,9H2,1-4H3/t11-,14-/m1/s1. The molecule has 1 aliphatic rings. The van der Waals surface area contributed by atoms with Gasteiger partial charge >= 0.3 is 0 Å². The van der Waals surface area contributed by atoms with Crippen molar-refractivity contribution in [2.45, 2.75) is 65.1 Å². The van der Waals surface area contributed by atoms with Crippen LogP contribution in [0.1, 0.15) is 57.8 Å². The van der Waals surface area contributed by atoms with Gasteiger partial charge in [-0.3, -0.25) is 4.90 Å². The van der Waals surface area contributed by atoms with Gasteiger partial charge in [0.25, 0.3) is 0 Å². The third-order valence-electron chi connectivity index (χ3n) is 3.90. The molecule has 16 heavy (non-hydrogen) atoms. The molecule has 0 saturated carbocycles. The van der Waals surface area contributed by atoms with Gasteiger partial charge < -0.3 is 4.98 Å². The van der Waals surface area contributed by atoms with Crippen molar-refractivity contribution in [3.05, 3.63) is 23.5 Å². The van der Waals surface area contributed by atoms with Crippen molar-refractivity contribution in [3.63, 3.8) is 0 Å². The van der Waals surface area contributed by atoms with E-state index in [9.17, 15) is 0 Å². The van der Waals surface area contributed by atoms with Gasteiger partial charge in [-0.1, -0.05) is 13.8 Å². The van der Waals surface area contributed by atoms with Gasteiger partial charge in [0.2, 0.25) is 0 Å². The van der Waals surface area contributed by atoms with Crippen molar-refractivity contribution in [2.24, 2.45) is 0 Å². The van der Waals surface area contributed by atoms with Crippen molar-refractivity contribution >= 4 is 0 Å². The summed E-state index contributed by atoms with van der Waals surface area (Å²) in [5, 5.41) is 0. The quantitative estimate of drug-likeness (QED) is 0.826.